The van der Waals surface area contributed by atoms with Crippen LogP contribution in [0.4, 0.5) is 0 Å². The summed E-state index contributed by atoms with van der Waals surface area (Å²) < 4.78 is 0. The van der Waals surface area contributed by atoms with Crippen LogP contribution in [0, 0.1) is 6.92 Å². The van der Waals surface area contributed by atoms with Gasteiger partial charge in [-0.2, -0.15) is 0 Å². The predicted octanol–water partition coefficient (Wildman–Crippen LogP) is 4.00. The summed E-state index contributed by atoms with van der Waals surface area (Å²) in [7, 11) is 0. The Morgan fingerprint density at radius 2 is 1.65 bits per heavy atom. The first-order valence-corrected chi connectivity index (χ1v) is 7.94. The van der Waals surface area contributed by atoms with Crippen molar-refractivity contribution in [2.45, 2.75) is 19.3 Å². The molecular formula is C21H21NO. The van der Waals surface area contributed by atoms with Crippen LogP contribution >= 0.6 is 0 Å². The molecule has 1 atom stereocenters. The molecule has 0 saturated heterocycles. The standard InChI is InChI=1S/C21H21NO/c1-15-6-9-18(10-7-15)20(14-22)21(23)13-16-8-11-17-4-2-3-5-19(17)12-16/h2-12,20H,13-14,22H2,1H3. The second-order valence-electron chi connectivity index (χ2n) is 6.02. The Labute approximate surface area is 136 Å². The summed E-state index contributed by atoms with van der Waals surface area (Å²) in [6.45, 7) is 2.38. The van der Waals surface area contributed by atoms with Crippen molar-refractivity contribution in [3.8, 4) is 0 Å². The molecule has 116 valence electrons. The zero-order valence-electron chi connectivity index (χ0n) is 13.3. The number of fused-ring (bicyclic) bond motifs is 1. The Balaban J connectivity index is 1.81. The summed E-state index contributed by atoms with van der Waals surface area (Å²) in [5.74, 6) is -0.0614. The molecule has 0 amide bonds. The summed E-state index contributed by atoms with van der Waals surface area (Å²) in [5.41, 5.74) is 9.10. The van der Waals surface area contributed by atoms with E-state index in [9.17, 15) is 4.79 Å². The van der Waals surface area contributed by atoms with Gasteiger partial charge < -0.3 is 5.73 Å². The molecule has 3 rings (SSSR count). The van der Waals surface area contributed by atoms with Crippen molar-refractivity contribution in [1.82, 2.24) is 0 Å². The van der Waals surface area contributed by atoms with E-state index in [4.69, 9.17) is 5.73 Å². The molecular weight excluding hydrogens is 282 g/mol. The molecule has 0 aromatic heterocycles. The van der Waals surface area contributed by atoms with Crippen LogP contribution in [0.1, 0.15) is 22.6 Å². The quantitative estimate of drug-likeness (QED) is 0.774. The van der Waals surface area contributed by atoms with Crippen LogP contribution in [0.25, 0.3) is 10.8 Å². The topological polar surface area (TPSA) is 43.1 Å². The number of aryl methyl sites for hydroxylation is 1. The van der Waals surface area contributed by atoms with E-state index in [2.05, 4.69) is 24.3 Å². The minimum absolute atomic E-state index is 0.173. The average molecular weight is 303 g/mol. The van der Waals surface area contributed by atoms with E-state index in [1.807, 2.05) is 49.4 Å². The fourth-order valence-electron chi connectivity index (χ4n) is 2.93. The number of carbonyl (C=O) groups excluding carboxylic acids is 1. The van der Waals surface area contributed by atoms with Gasteiger partial charge in [0.15, 0.2) is 0 Å². The smallest absolute Gasteiger partial charge is 0.145 e. The molecule has 0 bridgehead atoms. The molecule has 2 N–H and O–H groups in total. The minimum atomic E-state index is -0.234. The van der Waals surface area contributed by atoms with E-state index in [1.54, 1.807) is 0 Å². The minimum Gasteiger partial charge on any atom is -0.329 e. The summed E-state index contributed by atoms with van der Waals surface area (Å²) in [6.07, 6.45) is 0.417. The second-order valence-corrected chi connectivity index (χ2v) is 6.02. The van der Waals surface area contributed by atoms with Gasteiger partial charge in [-0.25, -0.2) is 0 Å². The third-order valence-corrected chi connectivity index (χ3v) is 4.30. The van der Waals surface area contributed by atoms with Crippen LogP contribution in [0.3, 0.4) is 0 Å². The maximum Gasteiger partial charge on any atom is 0.145 e. The molecule has 0 aliphatic heterocycles. The number of ketones is 1. The van der Waals surface area contributed by atoms with Crippen molar-refractivity contribution in [2.75, 3.05) is 6.54 Å². The van der Waals surface area contributed by atoms with Crippen LogP contribution in [0.2, 0.25) is 0 Å². The van der Waals surface area contributed by atoms with Gasteiger partial charge >= 0.3 is 0 Å². The Kier molecular flexibility index (Phi) is 4.54. The number of carbonyl (C=O) groups is 1. The van der Waals surface area contributed by atoms with Gasteiger partial charge in [-0.05, 0) is 28.8 Å². The third-order valence-electron chi connectivity index (χ3n) is 4.30. The highest BCUT2D eigenvalue weighted by atomic mass is 16.1. The number of benzene rings is 3. The molecule has 3 aromatic rings. The lowest BCUT2D eigenvalue weighted by molar-refractivity contribution is -0.119. The van der Waals surface area contributed by atoms with Crippen molar-refractivity contribution in [3.63, 3.8) is 0 Å². The van der Waals surface area contributed by atoms with E-state index < -0.39 is 0 Å². The summed E-state index contributed by atoms with van der Waals surface area (Å²) in [6, 6.07) is 22.5. The van der Waals surface area contributed by atoms with Gasteiger partial charge in [0.1, 0.15) is 5.78 Å². The zero-order chi connectivity index (χ0) is 16.2. The van der Waals surface area contributed by atoms with Crippen molar-refractivity contribution >= 4 is 16.6 Å². The highest BCUT2D eigenvalue weighted by Gasteiger charge is 2.19. The summed E-state index contributed by atoms with van der Waals surface area (Å²) in [5, 5.41) is 2.36. The molecule has 1 unspecified atom stereocenters. The Bertz CT molecular complexity index is 821. The fourth-order valence-corrected chi connectivity index (χ4v) is 2.93. The van der Waals surface area contributed by atoms with Crippen molar-refractivity contribution < 1.29 is 4.79 Å². The molecule has 2 heteroatoms. The van der Waals surface area contributed by atoms with E-state index >= 15 is 0 Å². The molecule has 0 heterocycles. The third kappa shape index (κ3) is 3.49. The van der Waals surface area contributed by atoms with Crippen molar-refractivity contribution in [1.29, 1.82) is 0 Å². The van der Waals surface area contributed by atoms with E-state index in [-0.39, 0.29) is 11.7 Å². The maximum absolute atomic E-state index is 12.7. The highest BCUT2D eigenvalue weighted by Crippen LogP contribution is 2.21. The normalized spacial score (nSPS) is 12.3. The predicted molar refractivity (Wildman–Crippen MR) is 95.6 cm³/mol. The SMILES string of the molecule is Cc1ccc(C(CN)C(=O)Cc2ccc3ccccc3c2)cc1. The van der Waals surface area contributed by atoms with Gasteiger partial charge in [-0.3, -0.25) is 4.79 Å². The van der Waals surface area contributed by atoms with Crippen LogP contribution in [-0.2, 0) is 11.2 Å². The molecule has 0 aliphatic carbocycles. The average Bonchev–Trinajstić information content (AvgIpc) is 2.57. The van der Waals surface area contributed by atoms with Crippen molar-refractivity contribution in [3.05, 3.63) is 83.4 Å². The number of rotatable bonds is 5. The largest absolute Gasteiger partial charge is 0.329 e. The van der Waals surface area contributed by atoms with Gasteiger partial charge in [-0.15, -0.1) is 0 Å². The van der Waals surface area contributed by atoms with Gasteiger partial charge in [0.05, 0.1) is 5.92 Å². The Morgan fingerprint density at radius 3 is 2.35 bits per heavy atom. The number of hydrogen-bond acceptors (Lipinski definition) is 2. The van der Waals surface area contributed by atoms with Crippen LogP contribution in [-0.4, -0.2) is 12.3 Å². The lowest BCUT2D eigenvalue weighted by Gasteiger charge is -2.15. The van der Waals surface area contributed by atoms with Gasteiger partial charge in [-0.1, -0.05) is 72.3 Å². The molecule has 3 aromatic carbocycles. The van der Waals surface area contributed by atoms with Gasteiger partial charge in [0, 0.05) is 13.0 Å². The highest BCUT2D eigenvalue weighted by molar-refractivity contribution is 5.90. The first-order valence-electron chi connectivity index (χ1n) is 7.94. The summed E-state index contributed by atoms with van der Waals surface area (Å²) in [4.78, 5) is 12.7. The Hall–Kier alpha value is -2.45. The van der Waals surface area contributed by atoms with E-state index in [0.29, 0.717) is 13.0 Å². The first-order chi connectivity index (χ1) is 11.2. The maximum atomic E-state index is 12.7. The lowest BCUT2D eigenvalue weighted by Crippen LogP contribution is -2.23. The zero-order valence-corrected chi connectivity index (χ0v) is 13.3. The van der Waals surface area contributed by atoms with Gasteiger partial charge in [0.2, 0.25) is 0 Å². The lowest BCUT2D eigenvalue weighted by atomic mass is 9.90. The van der Waals surface area contributed by atoms with Gasteiger partial charge in [0.25, 0.3) is 0 Å². The molecule has 23 heavy (non-hydrogen) atoms. The van der Waals surface area contributed by atoms with Crippen LogP contribution in [0.15, 0.2) is 66.7 Å². The van der Waals surface area contributed by atoms with E-state index in [1.165, 1.54) is 10.9 Å². The van der Waals surface area contributed by atoms with E-state index in [0.717, 1.165) is 16.5 Å². The van der Waals surface area contributed by atoms with Crippen LogP contribution in [0.5, 0.6) is 0 Å². The van der Waals surface area contributed by atoms with Crippen LogP contribution < -0.4 is 5.73 Å². The monoisotopic (exact) mass is 303 g/mol. The fraction of sp³-hybridized carbons (Fsp3) is 0.190. The number of hydrogen-bond donors (Lipinski definition) is 1. The second kappa shape index (κ2) is 6.76. The number of nitrogens with two attached hydrogens (primary N) is 1. The summed E-state index contributed by atoms with van der Waals surface area (Å²) >= 11 is 0. The molecule has 0 saturated carbocycles. The Morgan fingerprint density at radius 1 is 0.957 bits per heavy atom. The molecule has 2 nitrogen and oxygen atoms in total. The molecule has 0 radical (unpaired) electrons. The van der Waals surface area contributed by atoms with Crippen molar-refractivity contribution in [2.24, 2.45) is 5.73 Å². The molecule has 0 aliphatic rings. The number of Topliss-reactive ketones (excluding diaryl/α,β-unsaturated/α-hetero) is 1. The molecule has 0 fully saturated rings. The first kappa shape index (κ1) is 15.4. The molecule has 0 spiro atoms.